The van der Waals surface area contributed by atoms with E-state index in [-0.39, 0.29) is 17.2 Å². The number of rotatable bonds is 8. The van der Waals surface area contributed by atoms with E-state index < -0.39 is 12.0 Å². The lowest BCUT2D eigenvalue weighted by molar-refractivity contribution is -0.143. The van der Waals surface area contributed by atoms with Gasteiger partial charge in [-0.2, -0.15) is 0 Å². The standard InChI is InChI=1S/C15H30N2O3/c1-10(2)13(14(19)20)17-12(18)7-6-11(8-9-16)15(3,4)5/h10-11,13H,6-9,16H2,1-5H3,(H,17,18)(H,19,20). The minimum Gasteiger partial charge on any atom is -0.480 e. The fourth-order valence-electron chi connectivity index (χ4n) is 2.28. The molecular weight excluding hydrogens is 256 g/mol. The lowest BCUT2D eigenvalue weighted by Gasteiger charge is -2.30. The molecule has 0 heterocycles. The van der Waals surface area contributed by atoms with E-state index in [1.165, 1.54) is 0 Å². The SMILES string of the molecule is CC(C)C(NC(=O)CCC(CCN)C(C)(C)C)C(=O)O. The number of nitrogens with two attached hydrogens (primary N) is 1. The van der Waals surface area contributed by atoms with Crippen LogP contribution in [-0.4, -0.2) is 29.6 Å². The summed E-state index contributed by atoms with van der Waals surface area (Å²) >= 11 is 0. The van der Waals surface area contributed by atoms with Gasteiger partial charge in [0.15, 0.2) is 0 Å². The van der Waals surface area contributed by atoms with Crippen molar-refractivity contribution in [3.05, 3.63) is 0 Å². The van der Waals surface area contributed by atoms with Crippen molar-refractivity contribution in [3.63, 3.8) is 0 Å². The van der Waals surface area contributed by atoms with Crippen LogP contribution in [0.2, 0.25) is 0 Å². The van der Waals surface area contributed by atoms with Crippen LogP contribution < -0.4 is 11.1 Å². The van der Waals surface area contributed by atoms with Crippen molar-refractivity contribution < 1.29 is 14.7 Å². The number of hydrogen-bond acceptors (Lipinski definition) is 3. The third-order valence-electron chi connectivity index (χ3n) is 3.71. The van der Waals surface area contributed by atoms with Gasteiger partial charge in [0.2, 0.25) is 5.91 Å². The molecule has 0 fully saturated rings. The maximum Gasteiger partial charge on any atom is 0.326 e. The van der Waals surface area contributed by atoms with Crippen LogP contribution in [0.25, 0.3) is 0 Å². The fourth-order valence-corrected chi connectivity index (χ4v) is 2.28. The van der Waals surface area contributed by atoms with Crippen LogP contribution >= 0.6 is 0 Å². The number of carboxylic acids is 1. The minimum atomic E-state index is -0.984. The molecule has 0 rings (SSSR count). The summed E-state index contributed by atoms with van der Waals surface area (Å²) in [5, 5.41) is 11.6. The second-order valence-corrected chi connectivity index (χ2v) is 6.81. The third kappa shape index (κ3) is 6.89. The summed E-state index contributed by atoms with van der Waals surface area (Å²) in [5.74, 6) is -0.945. The van der Waals surface area contributed by atoms with Gasteiger partial charge in [-0.15, -0.1) is 0 Å². The molecule has 0 radical (unpaired) electrons. The van der Waals surface area contributed by atoms with Crippen molar-refractivity contribution in [2.75, 3.05) is 6.54 Å². The summed E-state index contributed by atoms with van der Waals surface area (Å²) in [4.78, 5) is 22.9. The molecule has 5 heteroatoms. The van der Waals surface area contributed by atoms with Gasteiger partial charge in [0.05, 0.1) is 0 Å². The maximum atomic E-state index is 11.9. The molecule has 0 aromatic heterocycles. The number of amides is 1. The first kappa shape index (κ1) is 18.9. The van der Waals surface area contributed by atoms with E-state index in [1.807, 2.05) is 0 Å². The first-order valence-electron chi connectivity index (χ1n) is 7.31. The lowest BCUT2D eigenvalue weighted by Crippen LogP contribution is -2.44. The molecular formula is C15H30N2O3. The highest BCUT2D eigenvalue weighted by Crippen LogP contribution is 2.32. The molecule has 4 N–H and O–H groups in total. The Balaban J connectivity index is 4.42. The second-order valence-electron chi connectivity index (χ2n) is 6.81. The van der Waals surface area contributed by atoms with E-state index >= 15 is 0 Å². The predicted octanol–water partition coefficient (Wildman–Crippen LogP) is 2.00. The zero-order valence-corrected chi connectivity index (χ0v) is 13.4. The summed E-state index contributed by atoms with van der Waals surface area (Å²) in [6.07, 6.45) is 1.96. The number of carbonyl (C=O) groups is 2. The van der Waals surface area contributed by atoms with Gasteiger partial charge >= 0.3 is 5.97 Å². The zero-order chi connectivity index (χ0) is 15.9. The van der Waals surface area contributed by atoms with Crippen LogP contribution in [0, 0.1) is 17.3 Å². The molecule has 0 spiro atoms. The Kier molecular flexibility index (Phi) is 7.79. The smallest absolute Gasteiger partial charge is 0.326 e. The summed E-state index contributed by atoms with van der Waals surface area (Å²) in [6.45, 7) is 10.6. The molecule has 0 aromatic rings. The predicted molar refractivity (Wildman–Crippen MR) is 80.3 cm³/mol. The highest BCUT2D eigenvalue weighted by molar-refractivity contribution is 5.83. The molecule has 0 saturated carbocycles. The van der Waals surface area contributed by atoms with Crippen LogP contribution in [0.3, 0.4) is 0 Å². The molecule has 0 saturated heterocycles. The van der Waals surface area contributed by atoms with Crippen molar-refractivity contribution in [1.82, 2.24) is 5.32 Å². The molecule has 5 nitrogen and oxygen atoms in total. The molecule has 0 bridgehead atoms. The Labute approximate surface area is 122 Å². The third-order valence-corrected chi connectivity index (χ3v) is 3.71. The summed E-state index contributed by atoms with van der Waals surface area (Å²) in [5.41, 5.74) is 5.72. The van der Waals surface area contributed by atoms with Crippen molar-refractivity contribution in [3.8, 4) is 0 Å². The lowest BCUT2D eigenvalue weighted by atomic mass is 9.76. The number of carbonyl (C=O) groups excluding carboxylic acids is 1. The van der Waals surface area contributed by atoms with Crippen molar-refractivity contribution in [2.45, 2.75) is 59.9 Å². The molecule has 0 aromatic carbocycles. The van der Waals surface area contributed by atoms with E-state index in [9.17, 15) is 9.59 Å². The van der Waals surface area contributed by atoms with Gasteiger partial charge in [-0.05, 0) is 36.6 Å². The molecule has 0 aliphatic rings. The Hall–Kier alpha value is -1.10. The Bertz CT molecular complexity index is 322. The molecule has 118 valence electrons. The summed E-state index contributed by atoms with van der Waals surface area (Å²) in [7, 11) is 0. The van der Waals surface area contributed by atoms with E-state index in [1.54, 1.807) is 13.8 Å². The van der Waals surface area contributed by atoms with Gasteiger partial charge in [-0.25, -0.2) is 4.79 Å². The average molecular weight is 286 g/mol. The second kappa shape index (κ2) is 8.25. The molecule has 2 unspecified atom stereocenters. The van der Waals surface area contributed by atoms with Gasteiger partial charge in [0.1, 0.15) is 6.04 Å². The van der Waals surface area contributed by atoms with Gasteiger partial charge < -0.3 is 16.2 Å². The van der Waals surface area contributed by atoms with Crippen LogP contribution in [-0.2, 0) is 9.59 Å². The highest BCUT2D eigenvalue weighted by atomic mass is 16.4. The zero-order valence-electron chi connectivity index (χ0n) is 13.4. The van der Waals surface area contributed by atoms with Crippen LogP contribution in [0.15, 0.2) is 0 Å². The van der Waals surface area contributed by atoms with Gasteiger partial charge in [-0.3, -0.25) is 4.79 Å². The molecule has 0 aliphatic heterocycles. The molecule has 0 aliphatic carbocycles. The number of hydrogen-bond donors (Lipinski definition) is 3. The normalized spacial score (nSPS) is 14.9. The Morgan fingerprint density at radius 1 is 1.20 bits per heavy atom. The molecule has 2 atom stereocenters. The van der Waals surface area contributed by atoms with E-state index in [2.05, 4.69) is 26.1 Å². The quantitative estimate of drug-likeness (QED) is 0.636. The van der Waals surface area contributed by atoms with Crippen LogP contribution in [0.1, 0.15) is 53.9 Å². The topological polar surface area (TPSA) is 92.4 Å². The summed E-state index contributed by atoms with van der Waals surface area (Å²) < 4.78 is 0. The fraction of sp³-hybridized carbons (Fsp3) is 0.867. The van der Waals surface area contributed by atoms with Crippen molar-refractivity contribution in [2.24, 2.45) is 23.0 Å². The first-order valence-corrected chi connectivity index (χ1v) is 7.31. The average Bonchev–Trinajstić information content (AvgIpc) is 2.29. The highest BCUT2D eigenvalue weighted by Gasteiger charge is 2.26. The Morgan fingerprint density at radius 2 is 1.75 bits per heavy atom. The minimum absolute atomic E-state index is 0.101. The van der Waals surface area contributed by atoms with E-state index in [0.29, 0.717) is 18.9 Å². The van der Waals surface area contributed by atoms with Crippen LogP contribution in [0.5, 0.6) is 0 Å². The number of carboxylic acid groups (broad SMARTS) is 1. The number of aliphatic carboxylic acids is 1. The van der Waals surface area contributed by atoms with Gasteiger partial charge in [-0.1, -0.05) is 34.6 Å². The van der Waals surface area contributed by atoms with Crippen molar-refractivity contribution in [1.29, 1.82) is 0 Å². The van der Waals surface area contributed by atoms with E-state index in [0.717, 1.165) is 12.8 Å². The maximum absolute atomic E-state index is 11.9. The molecule has 1 amide bonds. The number of nitrogens with one attached hydrogen (secondary N) is 1. The van der Waals surface area contributed by atoms with Crippen LogP contribution in [0.4, 0.5) is 0 Å². The van der Waals surface area contributed by atoms with E-state index in [4.69, 9.17) is 10.8 Å². The van der Waals surface area contributed by atoms with Crippen molar-refractivity contribution >= 4 is 11.9 Å². The first-order chi connectivity index (χ1) is 9.09. The monoisotopic (exact) mass is 286 g/mol. The summed E-state index contributed by atoms with van der Waals surface area (Å²) in [6, 6.07) is -0.815. The Morgan fingerprint density at radius 3 is 2.10 bits per heavy atom. The van der Waals surface area contributed by atoms with Gasteiger partial charge in [0.25, 0.3) is 0 Å². The largest absolute Gasteiger partial charge is 0.480 e. The van der Waals surface area contributed by atoms with Gasteiger partial charge in [0, 0.05) is 6.42 Å². The molecule has 20 heavy (non-hydrogen) atoms.